The molecule has 0 radical (unpaired) electrons. The number of benzene rings is 1. The molecule has 0 N–H and O–H groups in total. The lowest BCUT2D eigenvalue weighted by atomic mass is 9.98. The molecule has 0 aromatic heterocycles. The zero-order chi connectivity index (χ0) is 19.6. The predicted molar refractivity (Wildman–Crippen MR) is 95.1 cm³/mol. The molecule has 1 unspecified atom stereocenters. The first-order chi connectivity index (χ1) is 12.8. The molecule has 1 aromatic rings. The molecule has 1 fully saturated rings. The number of esters is 1. The van der Waals surface area contributed by atoms with E-state index in [-0.39, 0.29) is 23.8 Å². The van der Waals surface area contributed by atoms with Crippen LogP contribution in [0.1, 0.15) is 26.7 Å². The van der Waals surface area contributed by atoms with Crippen molar-refractivity contribution >= 4 is 21.8 Å². The van der Waals surface area contributed by atoms with E-state index in [0.29, 0.717) is 37.6 Å². The van der Waals surface area contributed by atoms with Gasteiger partial charge in [0.1, 0.15) is 13.2 Å². The van der Waals surface area contributed by atoms with E-state index in [1.807, 2.05) is 0 Å². The van der Waals surface area contributed by atoms with Crippen LogP contribution in [0.2, 0.25) is 0 Å². The Labute approximate surface area is 158 Å². The summed E-state index contributed by atoms with van der Waals surface area (Å²) in [6.45, 7) is 4.13. The Morgan fingerprint density at radius 3 is 2.41 bits per heavy atom. The van der Waals surface area contributed by atoms with E-state index in [0.717, 1.165) is 0 Å². The van der Waals surface area contributed by atoms with Crippen molar-refractivity contribution < 1.29 is 32.2 Å². The van der Waals surface area contributed by atoms with Crippen molar-refractivity contribution in [1.82, 2.24) is 4.31 Å². The molecule has 1 saturated heterocycles. The molecule has 2 aliphatic rings. The maximum Gasteiger partial charge on any atom is 0.309 e. The third-order valence-electron chi connectivity index (χ3n) is 4.80. The number of rotatable bonds is 5. The van der Waals surface area contributed by atoms with Crippen LogP contribution in [0.25, 0.3) is 0 Å². The average molecular weight is 397 g/mol. The van der Waals surface area contributed by atoms with Crippen LogP contribution in [0.5, 0.6) is 11.5 Å². The van der Waals surface area contributed by atoms with E-state index in [4.69, 9.17) is 14.2 Å². The van der Waals surface area contributed by atoms with Crippen LogP contribution < -0.4 is 9.47 Å². The Morgan fingerprint density at radius 1 is 1.15 bits per heavy atom. The van der Waals surface area contributed by atoms with Gasteiger partial charge in [-0.15, -0.1) is 0 Å². The van der Waals surface area contributed by atoms with Crippen molar-refractivity contribution in [2.24, 2.45) is 5.92 Å². The molecule has 1 aromatic carbocycles. The summed E-state index contributed by atoms with van der Waals surface area (Å²) in [6, 6.07) is 4.56. The minimum Gasteiger partial charge on any atom is -0.486 e. The number of sulfonamides is 1. The number of carbonyl (C=O) groups is 2. The lowest BCUT2D eigenvalue weighted by molar-refractivity contribution is -0.158. The third kappa shape index (κ3) is 4.24. The molecule has 8 nitrogen and oxygen atoms in total. The first-order valence-electron chi connectivity index (χ1n) is 8.90. The molecule has 0 spiro atoms. The SMILES string of the molecule is CC(=O)C(C)OC(=O)C1CCN(S(=O)(=O)c2ccc3c(c2)OCCO3)CC1. The van der Waals surface area contributed by atoms with Gasteiger partial charge in [0.15, 0.2) is 23.4 Å². The summed E-state index contributed by atoms with van der Waals surface area (Å²) in [5.41, 5.74) is 0. The second kappa shape index (κ2) is 7.85. The van der Waals surface area contributed by atoms with Crippen molar-refractivity contribution in [3.63, 3.8) is 0 Å². The highest BCUT2D eigenvalue weighted by Gasteiger charge is 2.34. The zero-order valence-corrected chi connectivity index (χ0v) is 16.2. The minimum absolute atomic E-state index is 0.137. The van der Waals surface area contributed by atoms with Crippen LogP contribution in [0, 0.1) is 5.92 Å². The van der Waals surface area contributed by atoms with E-state index < -0.39 is 28.0 Å². The second-order valence-electron chi connectivity index (χ2n) is 6.67. The van der Waals surface area contributed by atoms with Gasteiger partial charge < -0.3 is 14.2 Å². The maximum atomic E-state index is 12.9. The molecular weight excluding hydrogens is 374 g/mol. The largest absolute Gasteiger partial charge is 0.486 e. The third-order valence-corrected chi connectivity index (χ3v) is 6.70. The standard InChI is InChI=1S/C18H23NO7S/c1-12(20)13(2)26-18(21)14-5-7-19(8-6-14)27(22,23)15-3-4-16-17(11-15)25-10-9-24-16/h3-4,11,13-14H,5-10H2,1-2H3. The number of ketones is 1. The van der Waals surface area contributed by atoms with Gasteiger partial charge in [0.25, 0.3) is 0 Å². The van der Waals surface area contributed by atoms with E-state index in [2.05, 4.69) is 0 Å². The molecule has 1 atom stereocenters. The average Bonchev–Trinajstić information content (AvgIpc) is 2.67. The first-order valence-corrected chi connectivity index (χ1v) is 10.3. The Balaban J connectivity index is 1.65. The summed E-state index contributed by atoms with van der Waals surface area (Å²) < 4.78 is 43.1. The monoisotopic (exact) mass is 397 g/mol. The summed E-state index contributed by atoms with van der Waals surface area (Å²) in [4.78, 5) is 23.5. The Bertz CT molecular complexity index is 828. The topological polar surface area (TPSA) is 99.2 Å². The van der Waals surface area contributed by atoms with Crippen LogP contribution in [0.4, 0.5) is 0 Å². The zero-order valence-electron chi connectivity index (χ0n) is 15.3. The van der Waals surface area contributed by atoms with Gasteiger partial charge in [-0.2, -0.15) is 4.31 Å². The molecule has 2 heterocycles. The highest BCUT2D eigenvalue weighted by atomic mass is 32.2. The fraction of sp³-hybridized carbons (Fsp3) is 0.556. The smallest absolute Gasteiger partial charge is 0.309 e. The molecule has 0 amide bonds. The molecule has 148 valence electrons. The number of piperidine rings is 1. The minimum atomic E-state index is -3.69. The van der Waals surface area contributed by atoms with Crippen molar-refractivity contribution in [2.75, 3.05) is 26.3 Å². The van der Waals surface area contributed by atoms with Gasteiger partial charge in [-0.05, 0) is 38.8 Å². The molecule has 0 aliphatic carbocycles. The van der Waals surface area contributed by atoms with Gasteiger partial charge in [0, 0.05) is 19.2 Å². The van der Waals surface area contributed by atoms with Gasteiger partial charge in [-0.25, -0.2) is 8.42 Å². The fourth-order valence-electron chi connectivity index (χ4n) is 3.02. The summed E-state index contributed by atoms with van der Waals surface area (Å²) in [5.74, 6) is -0.130. The summed E-state index contributed by atoms with van der Waals surface area (Å²) in [5, 5.41) is 0. The summed E-state index contributed by atoms with van der Waals surface area (Å²) in [7, 11) is -3.69. The van der Waals surface area contributed by atoms with Crippen LogP contribution in [-0.4, -0.2) is 56.9 Å². The van der Waals surface area contributed by atoms with E-state index in [1.54, 1.807) is 6.07 Å². The van der Waals surface area contributed by atoms with Crippen LogP contribution >= 0.6 is 0 Å². The van der Waals surface area contributed by atoms with Crippen molar-refractivity contribution in [3.8, 4) is 11.5 Å². The number of hydrogen-bond donors (Lipinski definition) is 0. The van der Waals surface area contributed by atoms with Gasteiger partial charge in [-0.1, -0.05) is 0 Å². The van der Waals surface area contributed by atoms with Crippen molar-refractivity contribution in [3.05, 3.63) is 18.2 Å². The highest BCUT2D eigenvalue weighted by Crippen LogP contribution is 2.34. The Hall–Kier alpha value is -2.13. The van der Waals surface area contributed by atoms with Crippen LogP contribution in [-0.2, 0) is 24.3 Å². The van der Waals surface area contributed by atoms with E-state index in [9.17, 15) is 18.0 Å². The summed E-state index contributed by atoms with van der Waals surface area (Å²) >= 11 is 0. The predicted octanol–water partition coefficient (Wildman–Crippen LogP) is 1.38. The van der Waals surface area contributed by atoms with Crippen molar-refractivity contribution in [2.45, 2.75) is 37.7 Å². The second-order valence-corrected chi connectivity index (χ2v) is 8.61. The number of ether oxygens (including phenoxy) is 3. The molecule has 3 rings (SSSR count). The lowest BCUT2D eigenvalue weighted by Crippen LogP contribution is -2.41. The summed E-state index contributed by atoms with van der Waals surface area (Å²) in [6.07, 6.45) is -0.0718. The Kier molecular flexibility index (Phi) is 5.71. The Morgan fingerprint density at radius 2 is 1.78 bits per heavy atom. The number of Topliss-reactive ketones (excluding diaryl/α,β-unsaturated/α-hetero) is 1. The fourth-order valence-corrected chi connectivity index (χ4v) is 4.50. The number of carbonyl (C=O) groups excluding carboxylic acids is 2. The molecule has 2 aliphatic heterocycles. The quantitative estimate of drug-likeness (QED) is 0.692. The first kappa shape index (κ1) is 19.6. The lowest BCUT2D eigenvalue weighted by Gasteiger charge is -2.30. The molecule has 27 heavy (non-hydrogen) atoms. The van der Waals surface area contributed by atoms with E-state index in [1.165, 1.54) is 30.3 Å². The maximum absolute atomic E-state index is 12.9. The number of hydrogen-bond acceptors (Lipinski definition) is 7. The number of fused-ring (bicyclic) bond motifs is 1. The van der Waals surface area contributed by atoms with E-state index >= 15 is 0 Å². The van der Waals surface area contributed by atoms with Crippen molar-refractivity contribution in [1.29, 1.82) is 0 Å². The van der Waals surface area contributed by atoms with Crippen LogP contribution in [0.3, 0.4) is 0 Å². The normalized spacial score (nSPS) is 19.3. The van der Waals surface area contributed by atoms with Crippen LogP contribution in [0.15, 0.2) is 23.1 Å². The molecular formula is C18H23NO7S. The highest BCUT2D eigenvalue weighted by molar-refractivity contribution is 7.89. The van der Waals surface area contributed by atoms with Gasteiger partial charge >= 0.3 is 5.97 Å². The van der Waals surface area contributed by atoms with Gasteiger partial charge in [0.05, 0.1) is 10.8 Å². The molecule has 0 bridgehead atoms. The molecule has 9 heteroatoms. The van der Waals surface area contributed by atoms with Gasteiger partial charge in [0.2, 0.25) is 10.0 Å². The number of nitrogens with zero attached hydrogens (tertiary/aromatic N) is 1. The van der Waals surface area contributed by atoms with Gasteiger partial charge in [-0.3, -0.25) is 9.59 Å². The molecule has 0 saturated carbocycles.